The molecule has 4 nitrogen and oxygen atoms in total. The van der Waals surface area contributed by atoms with Gasteiger partial charge in [-0.25, -0.2) is 0 Å². The first-order valence-corrected chi connectivity index (χ1v) is 13.8. The highest BCUT2D eigenvalue weighted by atomic mass is 16.5. The van der Waals surface area contributed by atoms with Crippen molar-refractivity contribution in [3.63, 3.8) is 0 Å². The Hall–Kier alpha value is -4.38. The van der Waals surface area contributed by atoms with Gasteiger partial charge in [-0.2, -0.15) is 0 Å². The van der Waals surface area contributed by atoms with Crippen LogP contribution >= 0.6 is 0 Å². The lowest BCUT2D eigenvalue weighted by molar-refractivity contribution is 0.0541. The van der Waals surface area contributed by atoms with E-state index in [0.29, 0.717) is 39.5 Å². The van der Waals surface area contributed by atoms with E-state index in [1.807, 2.05) is 12.4 Å². The Balaban J connectivity index is 0.954. The standard InChI is InChI=1S/C36H32N2O2/c1-5-13-31-27(9-1)23-28-10-2-6-14-32(28)35(31)25-37-17-19-39-21-22-40-20-18-38-26-36-33-15-7-3-11-29(33)24-30-12-4-8-16-34(30)36/h1-16,23-26H,17-22H2. The molecule has 0 amide bonds. The summed E-state index contributed by atoms with van der Waals surface area (Å²) in [6, 6.07) is 38.3. The van der Waals surface area contributed by atoms with Crippen LogP contribution in [0.25, 0.3) is 43.1 Å². The Bertz CT molecular complexity index is 1580. The molecule has 0 N–H and O–H groups in total. The lowest BCUT2D eigenvalue weighted by atomic mass is 9.97. The molecule has 0 aliphatic heterocycles. The Morgan fingerprint density at radius 3 is 1.10 bits per heavy atom. The topological polar surface area (TPSA) is 43.2 Å². The Morgan fingerprint density at radius 2 is 0.750 bits per heavy atom. The number of hydrogen-bond acceptors (Lipinski definition) is 4. The first-order valence-electron chi connectivity index (χ1n) is 13.8. The molecule has 6 rings (SSSR count). The Kier molecular flexibility index (Phi) is 8.18. The van der Waals surface area contributed by atoms with E-state index in [1.165, 1.54) is 43.1 Å². The fraction of sp³-hybridized carbons (Fsp3) is 0.167. The molecule has 6 aromatic carbocycles. The van der Waals surface area contributed by atoms with Crippen LogP contribution in [0.5, 0.6) is 0 Å². The molecule has 6 aromatic rings. The highest BCUT2D eigenvalue weighted by Crippen LogP contribution is 2.28. The summed E-state index contributed by atoms with van der Waals surface area (Å²) in [7, 11) is 0. The molecule has 0 bridgehead atoms. The van der Waals surface area contributed by atoms with Crippen LogP contribution in [-0.2, 0) is 9.47 Å². The molecule has 4 heteroatoms. The Morgan fingerprint density at radius 1 is 0.425 bits per heavy atom. The van der Waals surface area contributed by atoms with Gasteiger partial charge in [-0.15, -0.1) is 0 Å². The molecule has 0 saturated heterocycles. The highest BCUT2D eigenvalue weighted by molar-refractivity contribution is 6.14. The maximum Gasteiger partial charge on any atom is 0.0701 e. The minimum absolute atomic E-state index is 0.546. The molecule has 0 fully saturated rings. The van der Waals surface area contributed by atoms with Crippen molar-refractivity contribution in [2.75, 3.05) is 39.5 Å². The number of ether oxygens (including phenoxy) is 2. The second kappa shape index (κ2) is 12.6. The molecule has 0 aliphatic carbocycles. The van der Waals surface area contributed by atoms with E-state index in [4.69, 9.17) is 9.47 Å². The third-order valence-electron chi connectivity index (χ3n) is 7.17. The first-order chi connectivity index (χ1) is 19.9. The van der Waals surface area contributed by atoms with Crippen molar-refractivity contribution in [2.24, 2.45) is 9.98 Å². The molecular weight excluding hydrogens is 492 g/mol. The van der Waals surface area contributed by atoms with Gasteiger partial charge in [0.15, 0.2) is 0 Å². The third-order valence-corrected chi connectivity index (χ3v) is 7.17. The minimum Gasteiger partial charge on any atom is -0.377 e. The minimum atomic E-state index is 0.546. The number of fused-ring (bicyclic) bond motifs is 4. The molecule has 0 heterocycles. The van der Waals surface area contributed by atoms with Crippen molar-refractivity contribution < 1.29 is 9.47 Å². The summed E-state index contributed by atoms with van der Waals surface area (Å²) in [6.45, 7) is 3.44. The van der Waals surface area contributed by atoms with E-state index in [1.54, 1.807) is 0 Å². The van der Waals surface area contributed by atoms with Crippen LogP contribution < -0.4 is 0 Å². The van der Waals surface area contributed by atoms with Crippen LogP contribution in [0.4, 0.5) is 0 Å². The number of hydrogen-bond donors (Lipinski definition) is 0. The third kappa shape index (κ3) is 5.79. The van der Waals surface area contributed by atoms with Crippen LogP contribution in [0.1, 0.15) is 11.1 Å². The molecule has 0 radical (unpaired) electrons. The summed E-state index contributed by atoms with van der Waals surface area (Å²) in [4.78, 5) is 9.32. The number of aliphatic imine (C=N–C) groups is 2. The average Bonchev–Trinajstić information content (AvgIpc) is 3.00. The van der Waals surface area contributed by atoms with Crippen molar-refractivity contribution >= 4 is 55.5 Å². The maximum atomic E-state index is 5.74. The van der Waals surface area contributed by atoms with Gasteiger partial charge < -0.3 is 9.47 Å². The van der Waals surface area contributed by atoms with Gasteiger partial charge in [0, 0.05) is 23.6 Å². The van der Waals surface area contributed by atoms with E-state index in [0.717, 1.165) is 11.1 Å². The second-order valence-electron chi connectivity index (χ2n) is 9.76. The quantitative estimate of drug-likeness (QED) is 0.0983. The monoisotopic (exact) mass is 524 g/mol. The summed E-state index contributed by atoms with van der Waals surface area (Å²) in [6.07, 6.45) is 3.98. The van der Waals surface area contributed by atoms with Crippen molar-refractivity contribution in [1.29, 1.82) is 0 Å². The highest BCUT2D eigenvalue weighted by Gasteiger charge is 2.06. The fourth-order valence-corrected chi connectivity index (χ4v) is 5.24. The van der Waals surface area contributed by atoms with Crippen LogP contribution in [0.2, 0.25) is 0 Å². The zero-order valence-electron chi connectivity index (χ0n) is 22.5. The fourth-order valence-electron chi connectivity index (χ4n) is 5.24. The zero-order chi connectivity index (χ0) is 27.0. The van der Waals surface area contributed by atoms with E-state index in [2.05, 4.69) is 119 Å². The molecule has 0 aromatic heterocycles. The number of benzene rings is 6. The summed E-state index contributed by atoms with van der Waals surface area (Å²) < 4.78 is 11.5. The molecule has 0 unspecified atom stereocenters. The first kappa shape index (κ1) is 25.9. The van der Waals surface area contributed by atoms with Gasteiger partial charge >= 0.3 is 0 Å². The van der Waals surface area contributed by atoms with Crippen molar-refractivity contribution in [1.82, 2.24) is 0 Å². The van der Waals surface area contributed by atoms with Crippen molar-refractivity contribution in [2.45, 2.75) is 0 Å². The predicted molar refractivity (Wildman–Crippen MR) is 169 cm³/mol. The number of rotatable bonds is 11. The van der Waals surface area contributed by atoms with Gasteiger partial charge in [0.05, 0.1) is 39.5 Å². The van der Waals surface area contributed by atoms with E-state index in [9.17, 15) is 0 Å². The predicted octanol–water partition coefficient (Wildman–Crippen LogP) is 7.87. The summed E-state index contributed by atoms with van der Waals surface area (Å²) in [5.74, 6) is 0. The molecule has 198 valence electrons. The maximum absolute atomic E-state index is 5.74. The summed E-state index contributed by atoms with van der Waals surface area (Å²) in [5.41, 5.74) is 2.32. The molecule has 40 heavy (non-hydrogen) atoms. The smallest absolute Gasteiger partial charge is 0.0701 e. The summed E-state index contributed by atoms with van der Waals surface area (Å²) >= 11 is 0. The van der Waals surface area contributed by atoms with E-state index < -0.39 is 0 Å². The van der Waals surface area contributed by atoms with Gasteiger partial charge in [0.25, 0.3) is 0 Å². The van der Waals surface area contributed by atoms with Gasteiger partial charge in [-0.3, -0.25) is 9.98 Å². The normalized spacial score (nSPS) is 12.1. The van der Waals surface area contributed by atoms with E-state index in [-0.39, 0.29) is 0 Å². The second-order valence-corrected chi connectivity index (χ2v) is 9.76. The van der Waals surface area contributed by atoms with Crippen LogP contribution in [-0.4, -0.2) is 51.9 Å². The Labute approximate surface area is 234 Å². The van der Waals surface area contributed by atoms with E-state index >= 15 is 0 Å². The van der Waals surface area contributed by atoms with Gasteiger partial charge in [0.1, 0.15) is 0 Å². The SMILES string of the molecule is C(=NCCOCCOCCN=Cc1c2ccccc2cc2ccccc12)c1c2ccccc2cc2ccccc12. The van der Waals surface area contributed by atoms with Crippen LogP contribution in [0, 0.1) is 0 Å². The largest absolute Gasteiger partial charge is 0.377 e. The van der Waals surface area contributed by atoms with Crippen LogP contribution in [0.3, 0.4) is 0 Å². The zero-order valence-corrected chi connectivity index (χ0v) is 22.5. The van der Waals surface area contributed by atoms with Crippen molar-refractivity contribution in [3.05, 3.63) is 120 Å². The van der Waals surface area contributed by atoms with Gasteiger partial charge in [0.2, 0.25) is 0 Å². The molecule has 0 spiro atoms. The molecule has 0 aliphatic rings. The number of nitrogens with zero attached hydrogens (tertiary/aromatic N) is 2. The van der Waals surface area contributed by atoms with Crippen molar-refractivity contribution in [3.8, 4) is 0 Å². The lowest BCUT2D eigenvalue weighted by Gasteiger charge is -2.08. The van der Waals surface area contributed by atoms with Crippen LogP contribution in [0.15, 0.2) is 119 Å². The van der Waals surface area contributed by atoms with Gasteiger partial charge in [-0.1, -0.05) is 97.1 Å². The van der Waals surface area contributed by atoms with Gasteiger partial charge in [-0.05, 0) is 55.2 Å². The molecular formula is C36H32N2O2. The molecule has 0 atom stereocenters. The summed E-state index contributed by atoms with van der Waals surface area (Å²) in [5, 5.41) is 9.78. The average molecular weight is 525 g/mol. The lowest BCUT2D eigenvalue weighted by Crippen LogP contribution is -2.09. The molecule has 0 saturated carbocycles.